The van der Waals surface area contributed by atoms with Crippen LogP contribution in [0.3, 0.4) is 0 Å². The molecule has 5 nitrogen and oxygen atoms in total. The van der Waals surface area contributed by atoms with Gasteiger partial charge in [0.2, 0.25) is 0 Å². The Morgan fingerprint density at radius 3 is 1.77 bits per heavy atom. The highest BCUT2D eigenvalue weighted by Gasteiger charge is 2.18. The van der Waals surface area contributed by atoms with Gasteiger partial charge in [-0.15, -0.1) is 0 Å². The van der Waals surface area contributed by atoms with E-state index in [9.17, 15) is 9.59 Å². The van der Waals surface area contributed by atoms with E-state index in [0.29, 0.717) is 5.56 Å². The summed E-state index contributed by atoms with van der Waals surface area (Å²) in [4.78, 5) is 29.7. The maximum atomic E-state index is 12.8. The molecule has 0 saturated carbocycles. The first-order valence-corrected chi connectivity index (χ1v) is 10.3. The van der Waals surface area contributed by atoms with Gasteiger partial charge in [0.05, 0.1) is 12.1 Å². The van der Waals surface area contributed by atoms with Crippen molar-refractivity contribution in [1.29, 1.82) is 0 Å². The third-order valence-corrected chi connectivity index (χ3v) is 5.09. The number of amides is 2. The number of aromatic nitrogens is 1. The molecular formula is C25H27N3O2. The van der Waals surface area contributed by atoms with E-state index in [2.05, 4.69) is 15.6 Å². The van der Waals surface area contributed by atoms with Gasteiger partial charge in [-0.2, -0.15) is 0 Å². The number of carbonyl (C=O) groups excluding carboxylic acids is 2. The van der Waals surface area contributed by atoms with Gasteiger partial charge in [0, 0.05) is 11.8 Å². The van der Waals surface area contributed by atoms with Crippen LogP contribution in [0.25, 0.3) is 0 Å². The molecule has 0 spiro atoms. The minimum absolute atomic E-state index is 0.0910. The molecule has 1 heterocycles. The summed E-state index contributed by atoms with van der Waals surface area (Å²) < 4.78 is 0. The lowest BCUT2D eigenvalue weighted by molar-refractivity contribution is 0.0930. The number of nitrogens with one attached hydrogen (secondary N) is 2. The third-order valence-electron chi connectivity index (χ3n) is 5.09. The van der Waals surface area contributed by atoms with Crippen LogP contribution in [-0.4, -0.2) is 16.8 Å². The Hall–Kier alpha value is -3.47. The van der Waals surface area contributed by atoms with Gasteiger partial charge in [-0.3, -0.25) is 14.6 Å². The number of rotatable bonds is 8. The number of nitrogens with zero attached hydrogens (tertiary/aromatic N) is 1. The standard InChI is InChI=1S/C25H27N3O2/c1-3-21(18-11-7-5-8-12-18)27-24(29)20-15-16-26-23(17-20)25(30)28-22(4-2)19-13-9-6-10-14-19/h5-17,21-22H,3-4H2,1-2H3,(H,27,29)(H,28,30). The molecular weight excluding hydrogens is 374 g/mol. The van der Waals surface area contributed by atoms with Crippen molar-refractivity contribution in [1.82, 2.24) is 15.6 Å². The highest BCUT2D eigenvalue weighted by molar-refractivity contribution is 5.98. The lowest BCUT2D eigenvalue weighted by Crippen LogP contribution is -2.30. The summed E-state index contributed by atoms with van der Waals surface area (Å²) in [6, 6.07) is 22.6. The zero-order valence-corrected chi connectivity index (χ0v) is 17.3. The molecule has 3 aromatic rings. The molecule has 2 unspecified atom stereocenters. The quantitative estimate of drug-likeness (QED) is 0.567. The van der Waals surface area contributed by atoms with Gasteiger partial charge in [0.1, 0.15) is 5.69 Å². The van der Waals surface area contributed by atoms with Crippen molar-refractivity contribution in [2.45, 2.75) is 38.8 Å². The molecule has 30 heavy (non-hydrogen) atoms. The predicted molar refractivity (Wildman–Crippen MR) is 118 cm³/mol. The number of carbonyl (C=O) groups is 2. The largest absolute Gasteiger partial charge is 0.345 e. The summed E-state index contributed by atoms with van der Waals surface area (Å²) in [5.74, 6) is -0.521. The van der Waals surface area contributed by atoms with Gasteiger partial charge in [-0.25, -0.2) is 0 Å². The van der Waals surface area contributed by atoms with Crippen molar-refractivity contribution in [2.24, 2.45) is 0 Å². The molecule has 3 rings (SSSR count). The fourth-order valence-electron chi connectivity index (χ4n) is 3.38. The molecule has 0 radical (unpaired) electrons. The van der Waals surface area contributed by atoms with Crippen LogP contribution in [-0.2, 0) is 0 Å². The second-order valence-corrected chi connectivity index (χ2v) is 7.12. The molecule has 0 aliphatic carbocycles. The SMILES string of the molecule is CCC(NC(=O)c1ccnc(C(=O)NC(CC)c2ccccc2)c1)c1ccccc1. The van der Waals surface area contributed by atoms with Crippen LogP contribution in [0.2, 0.25) is 0 Å². The Bertz CT molecular complexity index is 897. The molecule has 2 atom stereocenters. The maximum Gasteiger partial charge on any atom is 0.270 e. The van der Waals surface area contributed by atoms with E-state index in [1.807, 2.05) is 74.5 Å². The minimum Gasteiger partial charge on any atom is -0.345 e. The van der Waals surface area contributed by atoms with Crippen LogP contribution in [0.5, 0.6) is 0 Å². The van der Waals surface area contributed by atoms with Crippen molar-refractivity contribution in [3.05, 3.63) is 101 Å². The lowest BCUT2D eigenvalue weighted by atomic mass is 10.0. The number of hydrogen-bond acceptors (Lipinski definition) is 3. The average Bonchev–Trinajstić information content (AvgIpc) is 2.81. The summed E-state index contributed by atoms with van der Waals surface area (Å²) in [5.41, 5.74) is 2.73. The van der Waals surface area contributed by atoms with E-state index in [0.717, 1.165) is 24.0 Å². The van der Waals surface area contributed by atoms with Crippen LogP contribution in [0.4, 0.5) is 0 Å². The Labute approximate surface area is 177 Å². The van der Waals surface area contributed by atoms with Gasteiger partial charge in [-0.05, 0) is 36.1 Å². The van der Waals surface area contributed by atoms with Gasteiger partial charge >= 0.3 is 0 Å². The average molecular weight is 402 g/mol. The molecule has 2 aromatic carbocycles. The fraction of sp³-hybridized carbons (Fsp3) is 0.240. The Balaban J connectivity index is 1.71. The zero-order valence-electron chi connectivity index (χ0n) is 17.3. The molecule has 0 fully saturated rings. The molecule has 154 valence electrons. The van der Waals surface area contributed by atoms with E-state index >= 15 is 0 Å². The van der Waals surface area contributed by atoms with Crippen LogP contribution < -0.4 is 10.6 Å². The molecule has 0 aliphatic rings. The first kappa shape index (κ1) is 21.2. The Kier molecular flexibility index (Phi) is 7.33. The molecule has 2 N–H and O–H groups in total. The van der Waals surface area contributed by atoms with E-state index in [1.165, 1.54) is 6.20 Å². The van der Waals surface area contributed by atoms with Crippen molar-refractivity contribution in [3.63, 3.8) is 0 Å². The number of pyridine rings is 1. The van der Waals surface area contributed by atoms with Crippen molar-refractivity contribution in [2.75, 3.05) is 0 Å². The Morgan fingerprint density at radius 1 is 0.767 bits per heavy atom. The highest BCUT2D eigenvalue weighted by atomic mass is 16.2. The summed E-state index contributed by atoms with van der Waals surface area (Å²) in [6.07, 6.45) is 3.02. The van der Waals surface area contributed by atoms with Crippen LogP contribution >= 0.6 is 0 Å². The topological polar surface area (TPSA) is 71.1 Å². The van der Waals surface area contributed by atoms with E-state index in [1.54, 1.807) is 12.1 Å². The molecule has 0 saturated heterocycles. The second-order valence-electron chi connectivity index (χ2n) is 7.12. The lowest BCUT2D eigenvalue weighted by Gasteiger charge is -2.18. The maximum absolute atomic E-state index is 12.8. The first-order valence-electron chi connectivity index (χ1n) is 10.3. The predicted octanol–water partition coefficient (Wildman–Crippen LogP) is 4.84. The summed E-state index contributed by atoms with van der Waals surface area (Å²) in [6.45, 7) is 4.04. The monoisotopic (exact) mass is 401 g/mol. The van der Waals surface area contributed by atoms with Crippen molar-refractivity contribution >= 4 is 11.8 Å². The van der Waals surface area contributed by atoms with Crippen molar-refractivity contribution < 1.29 is 9.59 Å². The van der Waals surface area contributed by atoms with Crippen LogP contribution in [0, 0.1) is 0 Å². The van der Waals surface area contributed by atoms with E-state index in [4.69, 9.17) is 0 Å². The van der Waals surface area contributed by atoms with Gasteiger partial charge < -0.3 is 10.6 Å². The molecule has 0 bridgehead atoms. The van der Waals surface area contributed by atoms with E-state index < -0.39 is 0 Å². The van der Waals surface area contributed by atoms with Gasteiger partial charge in [0.25, 0.3) is 11.8 Å². The third kappa shape index (κ3) is 5.32. The number of benzene rings is 2. The van der Waals surface area contributed by atoms with Crippen molar-refractivity contribution in [3.8, 4) is 0 Å². The first-order chi connectivity index (χ1) is 14.6. The normalized spacial score (nSPS) is 12.6. The minimum atomic E-state index is -0.296. The molecule has 5 heteroatoms. The van der Waals surface area contributed by atoms with E-state index in [-0.39, 0.29) is 29.6 Å². The molecule has 1 aromatic heterocycles. The number of hydrogen-bond donors (Lipinski definition) is 2. The zero-order chi connectivity index (χ0) is 21.3. The highest BCUT2D eigenvalue weighted by Crippen LogP contribution is 2.18. The van der Waals surface area contributed by atoms with Gasteiger partial charge in [-0.1, -0.05) is 74.5 Å². The van der Waals surface area contributed by atoms with Crippen LogP contribution in [0.1, 0.15) is 70.7 Å². The summed E-state index contributed by atoms with van der Waals surface area (Å²) in [7, 11) is 0. The Morgan fingerprint density at radius 2 is 1.27 bits per heavy atom. The van der Waals surface area contributed by atoms with Crippen LogP contribution in [0.15, 0.2) is 79.0 Å². The summed E-state index contributed by atoms with van der Waals surface area (Å²) >= 11 is 0. The molecule has 2 amide bonds. The smallest absolute Gasteiger partial charge is 0.270 e. The summed E-state index contributed by atoms with van der Waals surface area (Å²) in [5, 5.41) is 6.05. The fourth-order valence-corrected chi connectivity index (χ4v) is 3.38. The molecule has 0 aliphatic heterocycles. The van der Waals surface area contributed by atoms with Gasteiger partial charge in [0.15, 0.2) is 0 Å². The second kappa shape index (κ2) is 10.3.